The number of fused-ring (bicyclic) bond motifs is 2. The number of carbonyl (C=O) groups is 2. The summed E-state index contributed by atoms with van der Waals surface area (Å²) in [6.45, 7) is 4.88. The van der Waals surface area contributed by atoms with Crippen LogP contribution >= 0.6 is 0 Å². The third-order valence-electron chi connectivity index (χ3n) is 5.73. The minimum atomic E-state index is -0.268. The monoisotopic (exact) mass is 278 g/mol. The molecule has 2 aliphatic carbocycles. The van der Waals surface area contributed by atoms with E-state index in [4.69, 9.17) is 0 Å². The zero-order valence-corrected chi connectivity index (χ0v) is 12.6. The van der Waals surface area contributed by atoms with Gasteiger partial charge in [0.1, 0.15) is 0 Å². The van der Waals surface area contributed by atoms with Gasteiger partial charge in [-0.2, -0.15) is 0 Å². The normalized spacial score (nSPS) is 38.0. The summed E-state index contributed by atoms with van der Waals surface area (Å²) in [5.41, 5.74) is 0. The standard InChI is InChI=1S/C16H26N2O2/c1-3-10(2)18-15(19)8-14(16(18)20)17-9-13-7-11-4-5-12(13)6-11/h10-14,17H,3-9H2,1-2H3. The molecule has 3 fully saturated rings. The number of likely N-dealkylation sites (tertiary alicyclic amines) is 1. The molecule has 3 rings (SSSR count). The quantitative estimate of drug-likeness (QED) is 0.782. The van der Waals surface area contributed by atoms with E-state index in [2.05, 4.69) is 5.32 Å². The van der Waals surface area contributed by atoms with E-state index in [1.54, 1.807) is 0 Å². The van der Waals surface area contributed by atoms with Crippen molar-refractivity contribution in [3.8, 4) is 0 Å². The van der Waals surface area contributed by atoms with Crippen LogP contribution in [-0.4, -0.2) is 35.3 Å². The van der Waals surface area contributed by atoms with Crippen LogP contribution in [0.3, 0.4) is 0 Å². The van der Waals surface area contributed by atoms with Crippen LogP contribution in [0, 0.1) is 17.8 Å². The maximum absolute atomic E-state index is 12.3. The molecule has 0 aromatic heterocycles. The Hall–Kier alpha value is -0.900. The Kier molecular flexibility index (Phi) is 3.85. The van der Waals surface area contributed by atoms with Crippen molar-refractivity contribution in [2.24, 2.45) is 17.8 Å². The van der Waals surface area contributed by atoms with Crippen molar-refractivity contribution < 1.29 is 9.59 Å². The van der Waals surface area contributed by atoms with Gasteiger partial charge in [0.15, 0.2) is 0 Å². The summed E-state index contributed by atoms with van der Waals surface area (Å²) >= 11 is 0. The van der Waals surface area contributed by atoms with Gasteiger partial charge < -0.3 is 5.32 Å². The van der Waals surface area contributed by atoms with E-state index < -0.39 is 0 Å². The minimum absolute atomic E-state index is 0.00482. The molecule has 1 heterocycles. The first-order valence-electron chi connectivity index (χ1n) is 8.19. The topological polar surface area (TPSA) is 49.4 Å². The molecule has 20 heavy (non-hydrogen) atoms. The number of imide groups is 1. The van der Waals surface area contributed by atoms with Crippen molar-refractivity contribution in [1.29, 1.82) is 0 Å². The lowest BCUT2D eigenvalue weighted by molar-refractivity contribution is -0.141. The van der Waals surface area contributed by atoms with Gasteiger partial charge in [-0.15, -0.1) is 0 Å². The third kappa shape index (κ3) is 2.39. The Bertz CT molecular complexity index is 409. The number of hydrogen-bond acceptors (Lipinski definition) is 3. The fourth-order valence-corrected chi connectivity index (χ4v) is 4.38. The molecule has 5 atom stereocenters. The summed E-state index contributed by atoms with van der Waals surface area (Å²) < 4.78 is 0. The first-order valence-corrected chi connectivity index (χ1v) is 8.19. The molecule has 0 radical (unpaired) electrons. The Morgan fingerprint density at radius 2 is 2.10 bits per heavy atom. The van der Waals surface area contributed by atoms with E-state index in [-0.39, 0.29) is 23.9 Å². The lowest BCUT2D eigenvalue weighted by atomic mass is 9.88. The maximum atomic E-state index is 12.3. The smallest absolute Gasteiger partial charge is 0.247 e. The number of amides is 2. The van der Waals surface area contributed by atoms with Gasteiger partial charge in [0.25, 0.3) is 0 Å². The summed E-state index contributed by atoms with van der Waals surface area (Å²) in [5, 5.41) is 3.39. The van der Waals surface area contributed by atoms with Crippen molar-refractivity contribution in [3.05, 3.63) is 0 Å². The number of nitrogens with one attached hydrogen (secondary N) is 1. The van der Waals surface area contributed by atoms with E-state index in [1.807, 2.05) is 13.8 Å². The highest BCUT2D eigenvalue weighted by molar-refractivity contribution is 6.05. The number of carbonyl (C=O) groups excluding carboxylic acids is 2. The van der Waals surface area contributed by atoms with Gasteiger partial charge in [0, 0.05) is 6.04 Å². The second-order valence-electron chi connectivity index (χ2n) is 6.96. The fraction of sp³-hybridized carbons (Fsp3) is 0.875. The largest absolute Gasteiger partial charge is 0.305 e. The highest BCUT2D eigenvalue weighted by Crippen LogP contribution is 2.48. The predicted octanol–water partition coefficient (Wildman–Crippen LogP) is 1.94. The summed E-state index contributed by atoms with van der Waals surface area (Å²) in [6.07, 6.45) is 6.67. The first-order chi connectivity index (χ1) is 9.60. The van der Waals surface area contributed by atoms with Gasteiger partial charge in [-0.3, -0.25) is 14.5 Å². The second kappa shape index (κ2) is 5.47. The molecule has 0 aromatic carbocycles. The molecule has 2 amide bonds. The summed E-state index contributed by atoms with van der Waals surface area (Å²) in [4.78, 5) is 25.8. The van der Waals surface area contributed by atoms with Crippen molar-refractivity contribution in [1.82, 2.24) is 10.2 Å². The van der Waals surface area contributed by atoms with Gasteiger partial charge in [0.2, 0.25) is 11.8 Å². The number of rotatable bonds is 5. The number of nitrogens with zero attached hydrogens (tertiary/aromatic N) is 1. The van der Waals surface area contributed by atoms with E-state index in [0.717, 1.165) is 30.7 Å². The van der Waals surface area contributed by atoms with Crippen LogP contribution in [0.15, 0.2) is 0 Å². The highest BCUT2D eigenvalue weighted by Gasteiger charge is 2.43. The van der Waals surface area contributed by atoms with Crippen molar-refractivity contribution >= 4 is 11.8 Å². The molecule has 0 spiro atoms. The summed E-state index contributed by atoms with van der Waals surface area (Å²) in [7, 11) is 0. The molecule has 4 nitrogen and oxygen atoms in total. The van der Waals surface area contributed by atoms with Gasteiger partial charge in [0.05, 0.1) is 12.5 Å². The lowest BCUT2D eigenvalue weighted by Gasteiger charge is -2.24. The average molecular weight is 278 g/mol. The highest BCUT2D eigenvalue weighted by atomic mass is 16.2. The van der Waals surface area contributed by atoms with Gasteiger partial charge in [-0.05, 0) is 56.9 Å². The predicted molar refractivity (Wildman–Crippen MR) is 77.0 cm³/mol. The Labute approximate surface area is 121 Å². The SMILES string of the molecule is CCC(C)N1C(=O)CC(NCC2CC3CCC2C3)C1=O. The summed E-state index contributed by atoms with van der Waals surface area (Å²) in [6, 6.07) is -0.236. The van der Waals surface area contributed by atoms with Crippen LogP contribution in [0.2, 0.25) is 0 Å². The zero-order chi connectivity index (χ0) is 14.3. The van der Waals surface area contributed by atoms with Crippen molar-refractivity contribution in [2.75, 3.05) is 6.54 Å². The molecule has 1 aliphatic heterocycles. The molecular formula is C16H26N2O2. The molecule has 1 saturated heterocycles. The molecule has 5 unspecified atom stereocenters. The number of hydrogen-bond donors (Lipinski definition) is 1. The minimum Gasteiger partial charge on any atom is -0.305 e. The van der Waals surface area contributed by atoms with Crippen LogP contribution in [0.1, 0.15) is 52.4 Å². The van der Waals surface area contributed by atoms with Crippen LogP contribution in [-0.2, 0) is 9.59 Å². The van der Waals surface area contributed by atoms with Gasteiger partial charge >= 0.3 is 0 Å². The fourth-order valence-electron chi connectivity index (χ4n) is 4.38. The van der Waals surface area contributed by atoms with E-state index in [1.165, 1.54) is 30.6 Å². The van der Waals surface area contributed by atoms with E-state index >= 15 is 0 Å². The Balaban J connectivity index is 1.54. The molecule has 3 aliphatic rings. The average Bonchev–Trinajstić information content (AvgIpc) is 3.11. The van der Waals surface area contributed by atoms with Gasteiger partial charge in [-0.1, -0.05) is 13.3 Å². The van der Waals surface area contributed by atoms with Crippen molar-refractivity contribution in [3.63, 3.8) is 0 Å². The zero-order valence-electron chi connectivity index (χ0n) is 12.6. The van der Waals surface area contributed by atoms with Crippen LogP contribution < -0.4 is 5.32 Å². The molecule has 2 saturated carbocycles. The molecule has 0 aromatic rings. The van der Waals surface area contributed by atoms with Gasteiger partial charge in [-0.25, -0.2) is 0 Å². The Morgan fingerprint density at radius 3 is 2.70 bits per heavy atom. The molecule has 2 bridgehead atoms. The molecule has 4 heteroatoms. The first kappa shape index (κ1) is 14.1. The van der Waals surface area contributed by atoms with E-state index in [9.17, 15) is 9.59 Å². The van der Waals surface area contributed by atoms with Crippen LogP contribution in [0.5, 0.6) is 0 Å². The lowest BCUT2D eigenvalue weighted by Crippen LogP contribution is -2.44. The Morgan fingerprint density at radius 1 is 1.30 bits per heavy atom. The molecular weight excluding hydrogens is 252 g/mol. The van der Waals surface area contributed by atoms with E-state index in [0.29, 0.717) is 6.42 Å². The van der Waals surface area contributed by atoms with Crippen molar-refractivity contribution in [2.45, 2.75) is 64.5 Å². The second-order valence-corrected chi connectivity index (χ2v) is 6.96. The summed E-state index contributed by atoms with van der Waals surface area (Å²) in [5.74, 6) is 2.52. The molecule has 1 N–H and O–H groups in total. The van der Waals surface area contributed by atoms with Crippen LogP contribution in [0.4, 0.5) is 0 Å². The van der Waals surface area contributed by atoms with Crippen LogP contribution in [0.25, 0.3) is 0 Å². The molecule has 112 valence electrons. The third-order valence-corrected chi connectivity index (χ3v) is 5.73. The maximum Gasteiger partial charge on any atom is 0.247 e.